The van der Waals surface area contributed by atoms with Crippen molar-refractivity contribution in [3.05, 3.63) is 48.2 Å². The molecule has 59 heavy (non-hydrogen) atoms. The van der Waals surface area contributed by atoms with Crippen LogP contribution in [0.5, 0.6) is 0 Å². The fourth-order valence-electron chi connectivity index (χ4n) is 8.99. The number of alkyl carbamates (subject to hydrolysis) is 1. The second-order valence-electron chi connectivity index (χ2n) is 16.9. The Morgan fingerprint density at radius 3 is 2.41 bits per heavy atom. The van der Waals surface area contributed by atoms with Crippen LogP contribution in [0.1, 0.15) is 73.3 Å². The summed E-state index contributed by atoms with van der Waals surface area (Å²) in [5, 5.41) is 15.2. The van der Waals surface area contributed by atoms with Crippen molar-refractivity contribution in [2.24, 2.45) is 23.7 Å². The summed E-state index contributed by atoms with van der Waals surface area (Å²) in [6, 6.07) is 8.17. The first-order valence-corrected chi connectivity index (χ1v) is 21.7. The fraction of sp³-hybridized carbons (Fsp3) is 0.643. The van der Waals surface area contributed by atoms with Gasteiger partial charge in [-0.25, -0.2) is 4.79 Å². The fourth-order valence-corrected chi connectivity index (χ4v) is 9.71. The number of ether oxygens (including phenoxy) is 5. The predicted octanol–water partition coefficient (Wildman–Crippen LogP) is 3.98. The Morgan fingerprint density at radius 1 is 1.05 bits per heavy atom. The van der Waals surface area contributed by atoms with Gasteiger partial charge >= 0.3 is 12.1 Å². The first-order valence-electron chi connectivity index (χ1n) is 20.1. The topological polar surface area (TPSA) is 217 Å². The van der Waals surface area contributed by atoms with Gasteiger partial charge in [0.15, 0.2) is 17.7 Å². The van der Waals surface area contributed by atoms with E-state index in [-0.39, 0.29) is 25.2 Å². The van der Waals surface area contributed by atoms with Gasteiger partial charge in [-0.05, 0) is 71.8 Å². The molecule has 3 fully saturated rings. The number of hydrogen-bond donors (Lipinski definition) is 3. The molecule has 0 spiro atoms. The standard InChI is InChI=1S/C42H59N3O13S/c1-10-32-42(7)36(44-40(50)58-42)25(4)33(46)23(2)20-41(6,54-17-13-14-27-19-28-15-11-12-16-30(28)43-21-27)37(57-39-35(48)31(45(8)9)18-24(3)55-39)26(5)34(47)29(38(49)56-32)22-59(51,52)53/h11-16,19,21,23-26,29,31-32,35-37,39,48H,10,17-18,20,22H2,1-9H3,(H,44,50)(H,51,52,53)/b14-13+/t23-,24-,25-,26+,29?,31+,32+,35-,36-,37-,39+,41+,42-/m1/s1. The van der Waals surface area contributed by atoms with E-state index in [0.29, 0.717) is 6.42 Å². The molecule has 0 saturated carbocycles. The highest BCUT2D eigenvalue weighted by Gasteiger charge is 2.58. The molecule has 3 aliphatic rings. The third kappa shape index (κ3) is 10.4. The lowest BCUT2D eigenvalue weighted by Gasteiger charge is -2.47. The average Bonchev–Trinajstić information content (AvgIpc) is 3.49. The maximum atomic E-state index is 14.7. The van der Waals surface area contributed by atoms with Crippen LogP contribution in [0.25, 0.3) is 17.0 Å². The van der Waals surface area contributed by atoms with E-state index >= 15 is 0 Å². The molecule has 2 aromatic rings. The number of Topliss-reactive ketones (excluding diaryl/α,β-unsaturated/α-hetero) is 2. The van der Waals surface area contributed by atoms with Crippen molar-refractivity contribution >= 4 is 50.7 Å². The number of aliphatic hydroxyl groups excluding tert-OH is 1. The molecule has 0 radical (unpaired) electrons. The molecule has 1 amide bonds. The zero-order chi connectivity index (χ0) is 43.6. The quantitative estimate of drug-likeness (QED) is 0.175. The van der Waals surface area contributed by atoms with Crippen LogP contribution < -0.4 is 5.32 Å². The monoisotopic (exact) mass is 845 g/mol. The largest absolute Gasteiger partial charge is 0.457 e. The number of aromatic nitrogens is 1. The number of aliphatic hydroxyl groups is 1. The van der Waals surface area contributed by atoms with Crippen molar-refractivity contribution in [1.29, 1.82) is 0 Å². The number of benzene rings is 1. The molecular formula is C42H59N3O13S. The van der Waals surface area contributed by atoms with Crippen LogP contribution in [0.3, 0.4) is 0 Å². The minimum atomic E-state index is -4.97. The second-order valence-corrected chi connectivity index (χ2v) is 18.4. The number of pyridine rings is 1. The van der Waals surface area contributed by atoms with Gasteiger partial charge < -0.3 is 39.0 Å². The highest BCUT2D eigenvalue weighted by Crippen LogP contribution is 2.40. The number of cyclic esters (lactones) is 1. The van der Waals surface area contributed by atoms with E-state index < -0.39 is 111 Å². The highest BCUT2D eigenvalue weighted by molar-refractivity contribution is 7.85. The molecule has 0 bridgehead atoms. The number of amides is 1. The van der Waals surface area contributed by atoms with Crippen LogP contribution in [-0.4, -0.2) is 132 Å². The van der Waals surface area contributed by atoms with Crippen molar-refractivity contribution in [2.75, 3.05) is 26.5 Å². The molecule has 326 valence electrons. The third-order valence-corrected chi connectivity index (χ3v) is 12.9. The van der Waals surface area contributed by atoms with Crippen molar-refractivity contribution in [2.45, 2.75) is 122 Å². The molecule has 5 rings (SSSR count). The molecular weight excluding hydrogens is 787 g/mol. The maximum Gasteiger partial charge on any atom is 0.408 e. The van der Waals surface area contributed by atoms with Crippen LogP contribution in [0.15, 0.2) is 42.6 Å². The van der Waals surface area contributed by atoms with E-state index in [0.717, 1.165) is 16.5 Å². The van der Waals surface area contributed by atoms with Crippen molar-refractivity contribution < 1.29 is 60.9 Å². The van der Waals surface area contributed by atoms with E-state index in [4.69, 9.17) is 23.7 Å². The van der Waals surface area contributed by atoms with Gasteiger partial charge in [0, 0.05) is 35.4 Å². The first kappa shape index (κ1) is 46.2. The summed E-state index contributed by atoms with van der Waals surface area (Å²) in [4.78, 5) is 62.4. The lowest BCUT2D eigenvalue weighted by molar-refractivity contribution is -0.296. The molecule has 1 aromatic carbocycles. The number of nitrogens with zero attached hydrogens (tertiary/aromatic N) is 2. The number of fused-ring (bicyclic) bond motifs is 2. The summed E-state index contributed by atoms with van der Waals surface area (Å²) >= 11 is 0. The van der Waals surface area contributed by atoms with Gasteiger partial charge in [-0.2, -0.15) is 8.42 Å². The van der Waals surface area contributed by atoms with Gasteiger partial charge in [0.25, 0.3) is 10.1 Å². The number of ketones is 2. The summed E-state index contributed by atoms with van der Waals surface area (Å²) in [6.45, 7) is 11.3. The number of carbonyl (C=O) groups excluding carboxylic acids is 4. The van der Waals surface area contributed by atoms with Gasteiger partial charge in [0.1, 0.15) is 23.9 Å². The van der Waals surface area contributed by atoms with Crippen LogP contribution in [0, 0.1) is 23.7 Å². The smallest absolute Gasteiger partial charge is 0.408 e. The number of nitrogens with one attached hydrogen (secondary N) is 1. The Hall–Kier alpha value is -3.84. The summed E-state index contributed by atoms with van der Waals surface area (Å²) in [5.41, 5.74) is -1.60. The van der Waals surface area contributed by atoms with Crippen LogP contribution in [0.2, 0.25) is 0 Å². The first-order chi connectivity index (χ1) is 27.6. The number of para-hydroxylation sites is 1. The van der Waals surface area contributed by atoms with Crippen LogP contribution in [0.4, 0.5) is 4.79 Å². The Balaban J connectivity index is 1.62. The van der Waals surface area contributed by atoms with Crippen molar-refractivity contribution in [3.8, 4) is 0 Å². The molecule has 3 N–H and O–H groups in total. The molecule has 0 aliphatic carbocycles. The molecule has 4 heterocycles. The third-order valence-electron chi connectivity index (χ3n) is 12.1. The van der Waals surface area contributed by atoms with E-state index in [1.54, 1.807) is 60.1 Å². The Kier molecular flexibility index (Phi) is 14.4. The number of likely N-dealkylation sites (N-methyl/N-ethyl adjacent to an activating group) is 1. The normalized spacial score (nSPS) is 36.6. The minimum absolute atomic E-state index is 0.0507. The molecule has 3 aliphatic heterocycles. The Bertz CT molecular complexity index is 2010. The number of esters is 1. The molecule has 1 aromatic heterocycles. The van der Waals surface area contributed by atoms with E-state index in [2.05, 4.69) is 10.3 Å². The summed E-state index contributed by atoms with van der Waals surface area (Å²) in [7, 11) is -1.37. The number of hydrogen-bond acceptors (Lipinski definition) is 14. The van der Waals surface area contributed by atoms with Crippen molar-refractivity contribution in [3.63, 3.8) is 0 Å². The Morgan fingerprint density at radius 2 is 1.75 bits per heavy atom. The Labute approximate surface area is 346 Å². The number of rotatable bonds is 10. The van der Waals surface area contributed by atoms with Crippen molar-refractivity contribution in [1.82, 2.24) is 15.2 Å². The number of carbonyl (C=O) groups is 4. The second kappa shape index (κ2) is 18.4. The summed E-state index contributed by atoms with van der Waals surface area (Å²) < 4.78 is 65.9. The average molecular weight is 846 g/mol. The maximum absolute atomic E-state index is 14.7. The van der Waals surface area contributed by atoms with E-state index in [9.17, 15) is 37.3 Å². The highest BCUT2D eigenvalue weighted by atomic mass is 32.2. The van der Waals surface area contributed by atoms with Gasteiger partial charge in [0.05, 0.1) is 41.7 Å². The lowest BCUT2D eigenvalue weighted by atomic mass is 9.73. The lowest BCUT2D eigenvalue weighted by Crippen LogP contribution is -2.60. The molecule has 1 unspecified atom stereocenters. The van der Waals surface area contributed by atoms with E-state index in [1.807, 2.05) is 42.2 Å². The van der Waals surface area contributed by atoms with Gasteiger partial charge in [-0.15, -0.1) is 0 Å². The molecule has 3 saturated heterocycles. The molecule has 13 atom stereocenters. The summed E-state index contributed by atoms with van der Waals surface area (Å²) in [6.07, 6.45) is -0.783. The van der Waals surface area contributed by atoms with Gasteiger partial charge in [-0.3, -0.25) is 23.9 Å². The summed E-state index contributed by atoms with van der Waals surface area (Å²) in [5.74, 6) is -9.06. The zero-order valence-electron chi connectivity index (χ0n) is 35.2. The minimum Gasteiger partial charge on any atom is -0.457 e. The zero-order valence-corrected chi connectivity index (χ0v) is 36.0. The van der Waals surface area contributed by atoms with Crippen LogP contribution >= 0.6 is 0 Å². The molecule has 16 nitrogen and oxygen atoms in total. The SMILES string of the molecule is CC[C@@H]1OC(=O)C(CS(=O)(=O)O)C(=O)[C@H](C)[C@@H](O[C@@H]2O[C@H](C)C[C@H](N(C)C)[C@H]2O)[C@@](C)(OC/C=C/c2cnc3ccccc3c2)C[C@@H](C)C(=O)[C@@H](C)[C@H]2NC(=O)O[C@]12C. The van der Waals surface area contributed by atoms with Crippen LogP contribution in [-0.2, 0) is 48.2 Å². The predicted molar refractivity (Wildman–Crippen MR) is 216 cm³/mol. The molecule has 17 heteroatoms. The van der Waals surface area contributed by atoms with Gasteiger partial charge in [0.2, 0.25) is 0 Å². The van der Waals surface area contributed by atoms with E-state index in [1.165, 1.54) is 13.8 Å². The van der Waals surface area contributed by atoms with Gasteiger partial charge in [-0.1, -0.05) is 58.0 Å².